The first kappa shape index (κ1) is 19.4. The summed E-state index contributed by atoms with van der Waals surface area (Å²) in [6, 6.07) is 15.9. The maximum atomic E-state index is 13.6. The molecule has 0 bridgehead atoms. The smallest absolute Gasteiger partial charge is 0.263 e. The van der Waals surface area contributed by atoms with E-state index < -0.39 is 11.9 Å². The van der Waals surface area contributed by atoms with Gasteiger partial charge in [0.1, 0.15) is 16.7 Å². The molecular weight excluding hydrogens is 406 g/mol. The molecule has 0 saturated heterocycles. The summed E-state index contributed by atoms with van der Waals surface area (Å²) in [5.41, 5.74) is 7.80. The van der Waals surface area contributed by atoms with E-state index >= 15 is 0 Å². The van der Waals surface area contributed by atoms with Crippen LogP contribution in [0, 0.1) is 0 Å². The minimum absolute atomic E-state index is 0.272. The van der Waals surface area contributed by atoms with Crippen LogP contribution < -0.4 is 11.3 Å². The second-order valence-electron chi connectivity index (χ2n) is 6.64. The first-order valence-corrected chi connectivity index (χ1v) is 10.4. The number of nitrogens with two attached hydrogens (primary N) is 1. The fourth-order valence-electron chi connectivity index (χ4n) is 3.44. The fraction of sp³-hybridized carbons (Fsp3) is 0.136. The van der Waals surface area contributed by atoms with Gasteiger partial charge in [0.25, 0.3) is 5.56 Å². The molecule has 2 N–H and O–H groups in total. The van der Waals surface area contributed by atoms with Crippen LogP contribution in [0.1, 0.15) is 19.4 Å². The van der Waals surface area contributed by atoms with E-state index in [0.717, 1.165) is 11.1 Å². The predicted molar refractivity (Wildman–Crippen MR) is 118 cm³/mol. The van der Waals surface area contributed by atoms with Crippen molar-refractivity contribution in [2.45, 2.75) is 19.4 Å². The van der Waals surface area contributed by atoms with Crippen LogP contribution in [0.15, 0.2) is 64.8 Å². The first-order valence-electron chi connectivity index (χ1n) is 9.15. The number of hydrogen-bond donors (Lipinski definition) is 1. The van der Waals surface area contributed by atoms with Crippen LogP contribution in [0.25, 0.3) is 32.7 Å². The van der Waals surface area contributed by atoms with Crippen LogP contribution in [0.5, 0.6) is 0 Å². The lowest BCUT2D eigenvalue weighted by Gasteiger charge is -2.19. The van der Waals surface area contributed by atoms with Crippen molar-refractivity contribution in [3.63, 3.8) is 0 Å². The van der Waals surface area contributed by atoms with Gasteiger partial charge in [-0.3, -0.25) is 14.2 Å². The van der Waals surface area contributed by atoms with Crippen molar-refractivity contribution in [2.24, 2.45) is 5.73 Å². The van der Waals surface area contributed by atoms with E-state index in [0.29, 0.717) is 33.0 Å². The standard InChI is InChI=1S/C22H18ClN3O2S/c1-2-17(19(24)27)26-20(14-8-10-15(23)11-9-14)25-21-18(22(26)28)16(12-29-21)13-6-4-3-5-7-13/h3-12,17H,2H2,1H3,(H2,24,27). The number of halogens is 1. The van der Waals surface area contributed by atoms with Gasteiger partial charge < -0.3 is 5.73 Å². The normalized spacial score (nSPS) is 12.2. The zero-order chi connectivity index (χ0) is 20.5. The Morgan fingerprint density at radius 1 is 1.14 bits per heavy atom. The SMILES string of the molecule is CCC(C(N)=O)n1c(-c2ccc(Cl)cc2)nc2scc(-c3ccccc3)c2c1=O. The molecule has 29 heavy (non-hydrogen) atoms. The lowest BCUT2D eigenvalue weighted by atomic mass is 10.1. The van der Waals surface area contributed by atoms with Crippen molar-refractivity contribution in [3.8, 4) is 22.5 Å². The van der Waals surface area contributed by atoms with Gasteiger partial charge in [0, 0.05) is 21.5 Å². The van der Waals surface area contributed by atoms with Crippen LogP contribution in [0.2, 0.25) is 5.02 Å². The van der Waals surface area contributed by atoms with Crippen molar-refractivity contribution >= 4 is 39.1 Å². The third kappa shape index (κ3) is 3.45. The van der Waals surface area contributed by atoms with E-state index in [4.69, 9.17) is 22.3 Å². The Morgan fingerprint density at radius 2 is 1.83 bits per heavy atom. The lowest BCUT2D eigenvalue weighted by Crippen LogP contribution is -2.35. The van der Waals surface area contributed by atoms with Gasteiger partial charge in [0.2, 0.25) is 5.91 Å². The van der Waals surface area contributed by atoms with Crippen molar-refractivity contribution < 1.29 is 4.79 Å². The molecule has 0 spiro atoms. The van der Waals surface area contributed by atoms with Gasteiger partial charge in [0.05, 0.1) is 5.39 Å². The van der Waals surface area contributed by atoms with E-state index in [1.807, 2.05) is 42.6 Å². The maximum absolute atomic E-state index is 13.6. The number of amides is 1. The third-order valence-corrected chi connectivity index (χ3v) is 5.98. The zero-order valence-corrected chi connectivity index (χ0v) is 17.2. The molecule has 0 fully saturated rings. The quantitative estimate of drug-likeness (QED) is 0.496. The molecule has 1 unspecified atom stereocenters. The number of aromatic nitrogens is 2. The second-order valence-corrected chi connectivity index (χ2v) is 7.93. The van der Waals surface area contributed by atoms with Crippen LogP contribution in [-0.4, -0.2) is 15.5 Å². The Kier molecular flexibility index (Phi) is 5.22. The van der Waals surface area contributed by atoms with Gasteiger partial charge in [-0.1, -0.05) is 48.9 Å². The largest absolute Gasteiger partial charge is 0.368 e. The van der Waals surface area contributed by atoms with Gasteiger partial charge in [0.15, 0.2) is 0 Å². The van der Waals surface area contributed by atoms with Crippen LogP contribution in [0.4, 0.5) is 0 Å². The molecule has 5 nitrogen and oxygen atoms in total. The highest BCUT2D eigenvalue weighted by atomic mass is 35.5. The van der Waals surface area contributed by atoms with E-state index in [9.17, 15) is 9.59 Å². The number of primary amides is 1. The van der Waals surface area contributed by atoms with E-state index in [2.05, 4.69) is 0 Å². The minimum atomic E-state index is -0.798. The summed E-state index contributed by atoms with van der Waals surface area (Å²) in [4.78, 5) is 31.2. The molecular formula is C22H18ClN3O2S. The number of rotatable bonds is 5. The Bertz CT molecular complexity index is 1250. The fourth-order valence-corrected chi connectivity index (χ4v) is 4.50. The van der Waals surface area contributed by atoms with Crippen LogP contribution in [0.3, 0.4) is 0 Å². The number of thiophene rings is 1. The highest BCUT2D eigenvalue weighted by Gasteiger charge is 2.25. The summed E-state index contributed by atoms with van der Waals surface area (Å²) in [5.74, 6) is -0.159. The van der Waals surface area contributed by atoms with Gasteiger partial charge in [-0.25, -0.2) is 4.98 Å². The highest BCUT2D eigenvalue weighted by molar-refractivity contribution is 7.17. The molecule has 2 aromatic carbocycles. The summed E-state index contributed by atoms with van der Waals surface area (Å²) in [6.45, 7) is 1.82. The zero-order valence-electron chi connectivity index (χ0n) is 15.6. The maximum Gasteiger partial charge on any atom is 0.263 e. The Labute approximate surface area is 176 Å². The summed E-state index contributed by atoms with van der Waals surface area (Å²) in [6.07, 6.45) is 0.383. The molecule has 4 rings (SSSR count). The molecule has 0 saturated carbocycles. The molecule has 7 heteroatoms. The van der Waals surface area contributed by atoms with Crippen molar-refractivity contribution in [3.05, 3.63) is 75.4 Å². The average molecular weight is 424 g/mol. The Hall–Kier alpha value is -2.96. The molecule has 0 aliphatic carbocycles. The number of carbonyl (C=O) groups excluding carboxylic acids is 1. The first-order chi connectivity index (χ1) is 14.0. The molecule has 146 valence electrons. The van der Waals surface area contributed by atoms with Gasteiger partial charge in [-0.05, 0) is 36.2 Å². The molecule has 4 aromatic rings. The number of benzene rings is 2. The number of carbonyl (C=O) groups is 1. The monoisotopic (exact) mass is 423 g/mol. The molecule has 1 amide bonds. The summed E-state index contributed by atoms with van der Waals surface area (Å²) in [7, 11) is 0. The minimum Gasteiger partial charge on any atom is -0.368 e. The molecule has 0 radical (unpaired) electrons. The summed E-state index contributed by atoms with van der Waals surface area (Å²) < 4.78 is 1.42. The van der Waals surface area contributed by atoms with Crippen LogP contribution in [-0.2, 0) is 4.79 Å². The highest BCUT2D eigenvalue weighted by Crippen LogP contribution is 2.33. The predicted octanol–water partition coefficient (Wildman–Crippen LogP) is 4.88. The third-order valence-electron chi connectivity index (χ3n) is 4.85. The van der Waals surface area contributed by atoms with Gasteiger partial charge in [-0.15, -0.1) is 11.3 Å². The summed E-state index contributed by atoms with van der Waals surface area (Å²) in [5, 5.41) is 3.00. The van der Waals surface area contributed by atoms with Crippen molar-refractivity contribution in [1.29, 1.82) is 0 Å². The molecule has 0 aliphatic rings. The van der Waals surface area contributed by atoms with E-state index in [1.165, 1.54) is 15.9 Å². The number of hydrogen-bond acceptors (Lipinski definition) is 4. The molecule has 2 heterocycles. The number of nitrogens with zero attached hydrogens (tertiary/aromatic N) is 2. The lowest BCUT2D eigenvalue weighted by molar-refractivity contribution is -0.121. The second kappa shape index (κ2) is 7.81. The Balaban J connectivity index is 2.07. The molecule has 1 atom stereocenters. The van der Waals surface area contributed by atoms with Gasteiger partial charge in [-0.2, -0.15) is 0 Å². The number of fused-ring (bicyclic) bond motifs is 1. The van der Waals surface area contributed by atoms with Gasteiger partial charge >= 0.3 is 0 Å². The average Bonchev–Trinajstić information content (AvgIpc) is 3.15. The molecule has 0 aliphatic heterocycles. The summed E-state index contributed by atoms with van der Waals surface area (Å²) >= 11 is 7.42. The Morgan fingerprint density at radius 3 is 2.45 bits per heavy atom. The van der Waals surface area contributed by atoms with Crippen molar-refractivity contribution in [1.82, 2.24) is 9.55 Å². The van der Waals surface area contributed by atoms with E-state index in [-0.39, 0.29) is 5.56 Å². The van der Waals surface area contributed by atoms with Crippen LogP contribution >= 0.6 is 22.9 Å². The van der Waals surface area contributed by atoms with Crippen molar-refractivity contribution in [2.75, 3.05) is 0 Å². The van der Waals surface area contributed by atoms with E-state index in [1.54, 1.807) is 24.3 Å². The topological polar surface area (TPSA) is 78.0 Å². The molecule has 2 aromatic heterocycles.